The van der Waals surface area contributed by atoms with Crippen LogP contribution in [0.1, 0.15) is 64.5 Å². The fourth-order valence-corrected chi connectivity index (χ4v) is 8.53. The van der Waals surface area contributed by atoms with Crippen LogP contribution in [0.15, 0.2) is 12.1 Å². The Morgan fingerprint density at radius 2 is 1.90 bits per heavy atom. The molecule has 3 N–H and O–H groups in total. The van der Waals surface area contributed by atoms with Gasteiger partial charge in [-0.25, -0.2) is 0 Å². The number of fused-ring (bicyclic) bond motifs is 2. The van der Waals surface area contributed by atoms with E-state index in [1.54, 1.807) is 13.2 Å². The highest BCUT2D eigenvalue weighted by molar-refractivity contribution is 5.85. The van der Waals surface area contributed by atoms with Crippen LogP contribution in [0.5, 0.6) is 11.5 Å². The molecule has 31 heavy (non-hydrogen) atoms. The number of rotatable bonds is 2. The first-order valence-electron chi connectivity index (χ1n) is 11.6. The van der Waals surface area contributed by atoms with Crippen LogP contribution in [0.2, 0.25) is 0 Å². The summed E-state index contributed by atoms with van der Waals surface area (Å²) in [6.07, 6.45) is 4.66. The van der Waals surface area contributed by atoms with Gasteiger partial charge in [-0.05, 0) is 62.6 Å². The predicted octanol–water partition coefficient (Wildman–Crippen LogP) is 3.71. The zero-order valence-electron chi connectivity index (χ0n) is 19.2. The van der Waals surface area contributed by atoms with Gasteiger partial charge >= 0.3 is 0 Å². The summed E-state index contributed by atoms with van der Waals surface area (Å²) in [5.41, 5.74) is 0.658. The van der Waals surface area contributed by atoms with Gasteiger partial charge in [-0.15, -0.1) is 12.4 Å². The van der Waals surface area contributed by atoms with E-state index in [1.807, 2.05) is 6.92 Å². The zero-order valence-corrected chi connectivity index (χ0v) is 20.1. The molecular formula is C25H36ClNO4. The molecule has 4 bridgehead atoms. The van der Waals surface area contributed by atoms with Gasteiger partial charge < -0.3 is 25.0 Å². The Morgan fingerprint density at radius 1 is 1.16 bits per heavy atom. The molecule has 7 rings (SSSR count). The second kappa shape index (κ2) is 6.11. The van der Waals surface area contributed by atoms with E-state index in [-0.39, 0.29) is 46.4 Å². The lowest BCUT2D eigenvalue weighted by Crippen LogP contribution is -2.83. The molecule has 0 radical (unpaired) electrons. The third kappa shape index (κ3) is 2.11. The van der Waals surface area contributed by atoms with Crippen molar-refractivity contribution in [2.75, 3.05) is 13.7 Å². The fraction of sp³-hybridized carbons (Fsp3) is 0.760. The molecule has 5 nitrogen and oxygen atoms in total. The molecule has 3 saturated carbocycles. The van der Waals surface area contributed by atoms with Crippen LogP contribution in [-0.2, 0) is 16.6 Å². The monoisotopic (exact) mass is 449 g/mol. The standard InChI is InChI=1S/C25H35NO4.ClH/c1-21(2,3)22(4,28)16-13-23-8-9-25(16,29-5)20-24(23)10-11-26-17(23)12-14-6-7-15(27)19(30-20)18(14)24;/h6-7,16-17,20,26-28H,8-13H2,1-5H3;1H/t16-,17-,20-,22+,23-,24+,25-;/m1./s1. The molecule has 1 saturated heterocycles. The van der Waals surface area contributed by atoms with Crippen molar-refractivity contribution < 1.29 is 19.7 Å². The third-order valence-corrected chi connectivity index (χ3v) is 10.4. The average Bonchev–Trinajstić information content (AvgIpc) is 3.05. The van der Waals surface area contributed by atoms with Gasteiger partial charge in [0.1, 0.15) is 11.7 Å². The predicted molar refractivity (Wildman–Crippen MR) is 121 cm³/mol. The van der Waals surface area contributed by atoms with Crippen LogP contribution in [0.4, 0.5) is 0 Å². The summed E-state index contributed by atoms with van der Waals surface area (Å²) in [4.78, 5) is 0. The fourth-order valence-electron chi connectivity index (χ4n) is 8.53. The first kappa shape index (κ1) is 21.8. The van der Waals surface area contributed by atoms with E-state index in [9.17, 15) is 10.2 Å². The molecule has 6 heteroatoms. The molecule has 2 heterocycles. The van der Waals surface area contributed by atoms with E-state index in [1.165, 1.54) is 11.1 Å². The zero-order chi connectivity index (χ0) is 21.3. The second-order valence-electron chi connectivity index (χ2n) is 11.8. The van der Waals surface area contributed by atoms with Gasteiger partial charge in [0.25, 0.3) is 0 Å². The van der Waals surface area contributed by atoms with E-state index in [2.05, 4.69) is 32.2 Å². The summed E-state index contributed by atoms with van der Waals surface area (Å²) in [6.45, 7) is 9.33. The minimum absolute atomic E-state index is 0. The number of ether oxygens (including phenoxy) is 2. The molecule has 4 aliphatic carbocycles. The summed E-state index contributed by atoms with van der Waals surface area (Å²) >= 11 is 0. The minimum atomic E-state index is -0.910. The van der Waals surface area contributed by atoms with E-state index in [4.69, 9.17) is 9.47 Å². The normalized spacial score (nSPS) is 43.5. The molecule has 172 valence electrons. The summed E-state index contributed by atoms with van der Waals surface area (Å²) in [5, 5.41) is 26.6. The van der Waals surface area contributed by atoms with E-state index < -0.39 is 11.2 Å². The van der Waals surface area contributed by atoms with Crippen LogP contribution in [0, 0.1) is 16.7 Å². The molecule has 1 aromatic rings. The maximum absolute atomic E-state index is 12.0. The molecular weight excluding hydrogens is 414 g/mol. The highest BCUT2D eigenvalue weighted by Gasteiger charge is 2.81. The number of phenolic OH excluding ortho intramolecular Hbond substituents is 1. The molecule has 0 unspecified atom stereocenters. The Hall–Kier alpha value is -1.01. The van der Waals surface area contributed by atoms with Crippen LogP contribution in [0.3, 0.4) is 0 Å². The van der Waals surface area contributed by atoms with Crippen molar-refractivity contribution in [3.05, 3.63) is 23.3 Å². The summed E-state index contributed by atoms with van der Waals surface area (Å²) < 4.78 is 13.2. The molecule has 0 aromatic heterocycles. The Labute approximate surface area is 191 Å². The highest BCUT2D eigenvalue weighted by Crippen LogP contribution is 2.77. The number of aromatic hydroxyl groups is 1. The average molecular weight is 450 g/mol. The SMILES string of the molecule is CO[C@]12CC[C@@]3(C[C@@H]1[C@](C)(O)C(C)(C)C)[C@H]1Cc4ccc(O)c5c4[C@@]3(CCN1)[C@H]2O5.Cl. The van der Waals surface area contributed by atoms with Gasteiger partial charge in [0.2, 0.25) is 0 Å². The number of halogens is 1. The van der Waals surface area contributed by atoms with Crippen molar-refractivity contribution in [2.24, 2.45) is 16.7 Å². The summed E-state index contributed by atoms with van der Waals surface area (Å²) in [6, 6.07) is 4.26. The number of benzene rings is 1. The molecule has 4 fully saturated rings. The van der Waals surface area contributed by atoms with Crippen molar-refractivity contribution >= 4 is 12.4 Å². The molecule has 7 atom stereocenters. The Balaban J connectivity index is 0.00000204. The second-order valence-corrected chi connectivity index (χ2v) is 11.8. The van der Waals surface area contributed by atoms with E-state index >= 15 is 0 Å². The summed E-state index contributed by atoms with van der Waals surface area (Å²) in [5.74, 6) is 0.887. The Morgan fingerprint density at radius 3 is 2.58 bits per heavy atom. The smallest absolute Gasteiger partial charge is 0.165 e. The van der Waals surface area contributed by atoms with Gasteiger partial charge in [-0.1, -0.05) is 26.8 Å². The number of hydrogen-bond acceptors (Lipinski definition) is 5. The van der Waals surface area contributed by atoms with Gasteiger partial charge in [-0.2, -0.15) is 0 Å². The van der Waals surface area contributed by atoms with Crippen molar-refractivity contribution in [2.45, 2.75) is 88.6 Å². The van der Waals surface area contributed by atoms with Gasteiger partial charge in [0.15, 0.2) is 11.5 Å². The molecule has 6 aliphatic rings. The number of aliphatic hydroxyl groups is 1. The van der Waals surface area contributed by atoms with Crippen molar-refractivity contribution in [1.82, 2.24) is 5.32 Å². The Kier molecular flexibility index (Phi) is 4.30. The number of methoxy groups -OCH3 is 1. The van der Waals surface area contributed by atoms with Gasteiger partial charge in [-0.3, -0.25) is 0 Å². The molecule has 1 aromatic carbocycles. The number of piperidine rings is 1. The lowest BCUT2D eigenvalue weighted by molar-refractivity contribution is -0.303. The van der Waals surface area contributed by atoms with Crippen molar-refractivity contribution in [3.8, 4) is 11.5 Å². The Bertz CT molecular complexity index is 942. The van der Waals surface area contributed by atoms with Gasteiger partial charge in [0, 0.05) is 35.5 Å². The van der Waals surface area contributed by atoms with Gasteiger partial charge in [0.05, 0.1) is 5.60 Å². The largest absolute Gasteiger partial charge is 0.504 e. The van der Waals surface area contributed by atoms with Crippen molar-refractivity contribution in [3.63, 3.8) is 0 Å². The van der Waals surface area contributed by atoms with Crippen molar-refractivity contribution in [1.29, 1.82) is 0 Å². The lowest BCUT2D eigenvalue weighted by atomic mass is 9.33. The first-order valence-corrected chi connectivity index (χ1v) is 11.6. The topological polar surface area (TPSA) is 71.0 Å². The molecule has 2 spiro atoms. The van der Waals surface area contributed by atoms with Crippen LogP contribution in [0.25, 0.3) is 0 Å². The maximum Gasteiger partial charge on any atom is 0.165 e. The molecule has 2 aliphatic heterocycles. The third-order valence-electron chi connectivity index (χ3n) is 10.4. The van der Waals surface area contributed by atoms with Crippen LogP contribution >= 0.6 is 12.4 Å². The lowest BCUT2D eigenvalue weighted by Gasteiger charge is -2.74. The van der Waals surface area contributed by atoms with E-state index in [0.717, 1.165) is 38.6 Å². The number of nitrogens with one attached hydrogen (secondary N) is 1. The molecule has 0 amide bonds. The number of phenols is 1. The van der Waals surface area contributed by atoms with E-state index in [0.29, 0.717) is 11.8 Å². The number of hydrogen-bond donors (Lipinski definition) is 3. The van der Waals surface area contributed by atoms with Crippen LogP contribution < -0.4 is 10.1 Å². The highest BCUT2D eigenvalue weighted by atomic mass is 35.5. The quantitative estimate of drug-likeness (QED) is 0.642. The maximum atomic E-state index is 12.0. The first-order chi connectivity index (χ1) is 14.1. The minimum Gasteiger partial charge on any atom is -0.504 e. The summed E-state index contributed by atoms with van der Waals surface area (Å²) in [7, 11) is 1.80. The van der Waals surface area contributed by atoms with Crippen LogP contribution in [-0.4, -0.2) is 47.2 Å².